The van der Waals surface area contributed by atoms with Gasteiger partial charge in [0.2, 0.25) is 11.8 Å². The first-order valence-corrected chi connectivity index (χ1v) is 7.56. The van der Waals surface area contributed by atoms with E-state index in [0.717, 1.165) is 0 Å². The molecule has 6 heteroatoms. The highest BCUT2D eigenvalue weighted by molar-refractivity contribution is 9.10. The SMILES string of the molecule is CCN(CC(=O)N(C)C)C(=O)CCc1ccc(Br)cc1F. The van der Waals surface area contributed by atoms with Gasteiger partial charge in [0.05, 0.1) is 6.54 Å². The quantitative estimate of drug-likeness (QED) is 0.783. The van der Waals surface area contributed by atoms with E-state index in [9.17, 15) is 14.0 Å². The monoisotopic (exact) mass is 358 g/mol. The van der Waals surface area contributed by atoms with E-state index in [1.165, 1.54) is 15.9 Å². The molecule has 1 rings (SSSR count). The number of carbonyl (C=O) groups excluding carboxylic acids is 2. The summed E-state index contributed by atoms with van der Waals surface area (Å²) >= 11 is 3.19. The zero-order chi connectivity index (χ0) is 16.0. The second-order valence-corrected chi connectivity index (χ2v) is 5.85. The molecule has 0 saturated heterocycles. The maximum absolute atomic E-state index is 13.7. The smallest absolute Gasteiger partial charge is 0.241 e. The van der Waals surface area contributed by atoms with Crippen molar-refractivity contribution in [3.8, 4) is 0 Å². The molecular formula is C15H20BrFN2O2. The Bertz CT molecular complexity index is 520. The number of benzene rings is 1. The molecule has 0 aliphatic carbocycles. The summed E-state index contributed by atoms with van der Waals surface area (Å²) in [6, 6.07) is 4.79. The normalized spacial score (nSPS) is 10.3. The Hall–Kier alpha value is -1.43. The lowest BCUT2D eigenvalue weighted by Crippen LogP contribution is -2.40. The summed E-state index contributed by atoms with van der Waals surface area (Å²) in [5, 5.41) is 0. The van der Waals surface area contributed by atoms with Crippen LogP contribution in [0.4, 0.5) is 4.39 Å². The molecule has 4 nitrogen and oxygen atoms in total. The molecular weight excluding hydrogens is 339 g/mol. The molecule has 0 aromatic heterocycles. The zero-order valence-electron chi connectivity index (χ0n) is 12.5. The summed E-state index contributed by atoms with van der Waals surface area (Å²) < 4.78 is 14.4. The number of hydrogen-bond acceptors (Lipinski definition) is 2. The maximum atomic E-state index is 13.7. The van der Waals surface area contributed by atoms with Crippen LogP contribution in [-0.2, 0) is 16.0 Å². The third-order valence-electron chi connectivity index (χ3n) is 3.18. The van der Waals surface area contributed by atoms with Crippen molar-refractivity contribution in [2.45, 2.75) is 19.8 Å². The van der Waals surface area contributed by atoms with Gasteiger partial charge in [-0.25, -0.2) is 4.39 Å². The number of amides is 2. The molecule has 21 heavy (non-hydrogen) atoms. The second-order valence-electron chi connectivity index (χ2n) is 4.93. The molecule has 0 radical (unpaired) electrons. The van der Waals surface area contributed by atoms with Crippen LogP contribution < -0.4 is 0 Å². The molecule has 0 heterocycles. The van der Waals surface area contributed by atoms with Gasteiger partial charge in [-0.15, -0.1) is 0 Å². The van der Waals surface area contributed by atoms with Gasteiger partial charge in [0, 0.05) is 31.5 Å². The lowest BCUT2D eigenvalue weighted by molar-refractivity contribution is -0.139. The molecule has 2 amide bonds. The first kappa shape index (κ1) is 17.6. The highest BCUT2D eigenvalue weighted by Gasteiger charge is 2.17. The fraction of sp³-hybridized carbons (Fsp3) is 0.467. The lowest BCUT2D eigenvalue weighted by atomic mass is 10.1. The largest absolute Gasteiger partial charge is 0.347 e. The first-order chi connectivity index (χ1) is 9.85. The molecule has 0 bridgehead atoms. The van der Waals surface area contributed by atoms with Crippen LogP contribution in [0.3, 0.4) is 0 Å². The molecule has 0 atom stereocenters. The van der Waals surface area contributed by atoms with Crippen LogP contribution in [0.15, 0.2) is 22.7 Å². The number of aryl methyl sites for hydroxylation is 1. The predicted molar refractivity (Wildman–Crippen MR) is 83.4 cm³/mol. The minimum Gasteiger partial charge on any atom is -0.347 e. The third kappa shape index (κ3) is 5.46. The van der Waals surface area contributed by atoms with Crippen molar-refractivity contribution in [1.29, 1.82) is 0 Å². The number of halogens is 2. The third-order valence-corrected chi connectivity index (χ3v) is 3.68. The van der Waals surface area contributed by atoms with Gasteiger partial charge >= 0.3 is 0 Å². The van der Waals surface area contributed by atoms with Crippen LogP contribution in [0.2, 0.25) is 0 Å². The van der Waals surface area contributed by atoms with Crippen LogP contribution in [0.25, 0.3) is 0 Å². The molecule has 0 unspecified atom stereocenters. The van der Waals surface area contributed by atoms with Crippen molar-refractivity contribution >= 4 is 27.7 Å². The summed E-state index contributed by atoms with van der Waals surface area (Å²) in [6.07, 6.45) is 0.512. The number of likely N-dealkylation sites (N-methyl/N-ethyl adjacent to an activating group) is 2. The fourth-order valence-corrected chi connectivity index (χ4v) is 2.14. The molecule has 116 valence electrons. The Morgan fingerprint density at radius 1 is 1.24 bits per heavy atom. The van der Waals surface area contributed by atoms with E-state index in [1.54, 1.807) is 26.2 Å². The van der Waals surface area contributed by atoms with E-state index in [-0.39, 0.29) is 30.6 Å². The van der Waals surface area contributed by atoms with E-state index >= 15 is 0 Å². The van der Waals surface area contributed by atoms with Crippen LogP contribution in [-0.4, -0.2) is 48.8 Å². The Kier molecular flexibility index (Phi) is 6.81. The number of hydrogen-bond donors (Lipinski definition) is 0. The van der Waals surface area contributed by atoms with Crippen molar-refractivity contribution in [2.75, 3.05) is 27.2 Å². The van der Waals surface area contributed by atoms with Gasteiger partial charge < -0.3 is 9.80 Å². The van der Waals surface area contributed by atoms with Crippen molar-refractivity contribution < 1.29 is 14.0 Å². The molecule has 0 N–H and O–H groups in total. The molecule has 1 aromatic carbocycles. The number of nitrogens with zero attached hydrogens (tertiary/aromatic N) is 2. The summed E-state index contributed by atoms with van der Waals surface area (Å²) in [5.41, 5.74) is 0.501. The average Bonchev–Trinajstić information content (AvgIpc) is 2.43. The van der Waals surface area contributed by atoms with E-state index < -0.39 is 0 Å². The van der Waals surface area contributed by atoms with Crippen LogP contribution in [0.5, 0.6) is 0 Å². The molecule has 0 fully saturated rings. The molecule has 1 aromatic rings. The highest BCUT2D eigenvalue weighted by atomic mass is 79.9. The first-order valence-electron chi connectivity index (χ1n) is 6.77. The van der Waals surface area contributed by atoms with Gasteiger partial charge in [-0.3, -0.25) is 9.59 Å². The Balaban J connectivity index is 2.60. The lowest BCUT2D eigenvalue weighted by Gasteiger charge is -2.22. The Morgan fingerprint density at radius 3 is 2.43 bits per heavy atom. The Morgan fingerprint density at radius 2 is 1.90 bits per heavy atom. The van der Waals surface area contributed by atoms with Crippen LogP contribution in [0.1, 0.15) is 18.9 Å². The summed E-state index contributed by atoms with van der Waals surface area (Å²) in [5.74, 6) is -0.598. The van der Waals surface area contributed by atoms with Gasteiger partial charge in [-0.1, -0.05) is 22.0 Å². The van der Waals surface area contributed by atoms with Gasteiger partial charge in [-0.05, 0) is 31.0 Å². The molecule has 0 saturated carbocycles. The van der Waals surface area contributed by atoms with Crippen LogP contribution >= 0.6 is 15.9 Å². The average molecular weight is 359 g/mol. The highest BCUT2D eigenvalue weighted by Crippen LogP contribution is 2.16. The fourth-order valence-electron chi connectivity index (χ4n) is 1.81. The van der Waals surface area contributed by atoms with Crippen LogP contribution in [0, 0.1) is 5.82 Å². The van der Waals surface area contributed by atoms with E-state index in [2.05, 4.69) is 15.9 Å². The minimum atomic E-state index is -0.329. The van der Waals surface area contributed by atoms with Crippen molar-refractivity contribution in [2.24, 2.45) is 0 Å². The van der Waals surface area contributed by atoms with Crippen molar-refractivity contribution in [3.05, 3.63) is 34.1 Å². The molecule has 0 aliphatic rings. The minimum absolute atomic E-state index is 0.0607. The maximum Gasteiger partial charge on any atom is 0.241 e. The van der Waals surface area contributed by atoms with Gasteiger partial charge in [0.25, 0.3) is 0 Å². The standard InChI is InChI=1S/C15H20BrFN2O2/c1-4-19(10-15(21)18(2)3)14(20)8-6-11-5-7-12(16)9-13(11)17/h5,7,9H,4,6,8,10H2,1-3H3. The molecule has 0 spiro atoms. The number of carbonyl (C=O) groups is 2. The number of rotatable bonds is 6. The summed E-state index contributed by atoms with van der Waals surface area (Å²) in [6.45, 7) is 2.34. The van der Waals surface area contributed by atoms with Gasteiger partial charge in [0.15, 0.2) is 0 Å². The summed E-state index contributed by atoms with van der Waals surface area (Å²) in [4.78, 5) is 26.7. The Labute approximate surface area is 133 Å². The van der Waals surface area contributed by atoms with E-state index in [0.29, 0.717) is 23.0 Å². The van der Waals surface area contributed by atoms with E-state index in [1.807, 2.05) is 6.92 Å². The second kappa shape index (κ2) is 8.12. The van der Waals surface area contributed by atoms with E-state index in [4.69, 9.17) is 0 Å². The zero-order valence-corrected chi connectivity index (χ0v) is 14.1. The summed E-state index contributed by atoms with van der Waals surface area (Å²) in [7, 11) is 3.30. The molecule has 0 aliphatic heterocycles. The topological polar surface area (TPSA) is 40.6 Å². The predicted octanol–water partition coefficient (Wildman–Crippen LogP) is 2.46. The van der Waals surface area contributed by atoms with Crippen molar-refractivity contribution in [1.82, 2.24) is 9.80 Å². The van der Waals surface area contributed by atoms with Crippen molar-refractivity contribution in [3.63, 3.8) is 0 Å². The van der Waals surface area contributed by atoms with Gasteiger partial charge in [-0.2, -0.15) is 0 Å². The van der Waals surface area contributed by atoms with Gasteiger partial charge in [0.1, 0.15) is 5.82 Å².